The number of carbonyl (C=O) groups excluding carboxylic acids is 1. The maximum absolute atomic E-state index is 13.6. The second kappa shape index (κ2) is 7.72. The molecule has 1 fully saturated rings. The van der Waals surface area contributed by atoms with Crippen LogP contribution < -0.4 is 5.32 Å². The van der Waals surface area contributed by atoms with Crippen molar-refractivity contribution < 1.29 is 13.6 Å². The van der Waals surface area contributed by atoms with E-state index in [0.717, 1.165) is 49.2 Å². The van der Waals surface area contributed by atoms with E-state index in [4.69, 9.17) is 0 Å². The number of benzene rings is 2. The quantitative estimate of drug-likeness (QED) is 0.711. The normalized spacial score (nSPS) is 15.8. The summed E-state index contributed by atoms with van der Waals surface area (Å²) in [6.45, 7) is 4.34. The number of nitrogens with one attached hydrogen (secondary N) is 2. The molecular formula is C22H23F2N3O. The van der Waals surface area contributed by atoms with Crippen molar-refractivity contribution in [1.82, 2.24) is 15.2 Å². The summed E-state index contributed by atoms with van der Waals surface area (Å²) in [6.07, 6.45) is 1.70. The maximum Gasteiger partial charge on any atom is 0.253 e. The fourth-order valence-electron chi connectivity index (χ4n) is 3.93. The van der Waals surface area contributed by atoms with Gasteiger partial charge in [0, 0.05) is 42.3 Å². The monoisotopic (exact) mass is 383 g/mol. The van der Waals surface area contributed by atoms with Gasteiger partial charge >= 0.3 is 0 Å². The van der Waals surface area contributed by atoms with E-state index in [1.54, 1.807) is 6.07 Å². The summed E-state index contributed by atoms with van der Waals surface area (Å²) in [4.78, 5) is 18.3. The molecule has 4 nitrogen and oxygen atoms in total. The Morgan fingerprint density at radius 2 is 1.79 bits per heavy atom. The zero-order chi connectivity index (χ0) is 19.7. The molecule has 0 bridgehead atoms. The van der Waals surface area contributed by atoms with Gasteiger partial charge in [0.2, 0.25) is 0 Å². The maximum atomic E-state index is 13.6. The molecule has 1 aliphatic heterocycles. The van der Waals surface area contributed by atoms with Crippen molar-refractivity contribution in [3.63, 3.8) is 0 Å². The Bertz CT molecular complexity index is 989. The number of amides is 1. The van der Waals surface area contributed by atoms with Crippen LogP contribution in [0.1, 0.15) is 34.5 Å². The predicted molar refractivity (Wildman–Crippen MR) is 105 cm³/mol. The van der Waals surface area contributed by atoms with E-state index in [0.29, 0.717) is 10.9 Å². The average Bonchev–Trinajstić information content (AvgIpc) is 3.00. The van der Waals surface area contributed by atoms with Crippen LogP contribution in [0.15, 0.2) is 42.5 Å². The number of aryl methyl sites for hydroxylation is 1. The average molecular weight is 383 g/mol. The number of hydrogen-bond donors (Lipinski definition) is 2. The topological polar surface area (TPSA) is 48.1 Å². The number of nitrogens with zero attached hydrogens (tertiary/aromatic N) is 1. The van der Waals surface area contributed by atoms with Gasteiger partial charge in [-0.2, -0.15) is 0 Å². The van der Waals surface area contributed by atoms with Crippen LogP contribution in [-0.2, 0) is 6.54 Å². The molecule has 4 rings (SSSR count). The highest BCUT2D eigenvalue weighted by Gasteiger charge is 2.23. The number of fused-ring (bicyclic) bond motifs is 1. The fourth-order valence-corrected chi connectivity index (χ4v) is 3.93. The number of aromatic amines is 1. The van der Waals surface area contributed by atoms with Gasteiger partial charge in [-0.3, -0.25) is 9.69 Å². The van der Waals surface area contributed by atoms with Crippen LogP contribution in [0.5, 0.6) is 0 Å². The van der Waals surface area contributed by atoms with Crippen molar-refractivity contribution in [2.75, 3.05) is 13.1 Å². The minimum absolute atomic E-state index is 0.0925. The van der Waals surface area contributed by atoms with Crippen LogP contribution in [0, 0.1) is 18.6 Å². The lowest BCUT2D eigenvalue weighted by Crippen LogP contribution is -2.44. The van der Waals surface area contributed by atoms with Crippen LogP contribution in [-0.4, -0.2) is 34.9 Å². The summed E-state index contributed by atoms with van der Waals surface area (Å²) in [5, 5.41) is 3.72. The van der Waals surface area contributed by atoms with Crippen molar-refractivity contribution in [3.05, 3.63) is 70.9 Å². The third kappa shape index (κ3) is 3.92. The lowest BCUT2D eigenvalue weighted by atomic mass is 10.0. The molecule has 1 saturated heterocycles. The summed E-state index contributed by atoms with van der Waals surface area (Å²) in [5.41, 5.74) is 3.11. The number of piperidine rings is 1. The fraction of sp³-hybridized carbons (Fsp3) is 0.318. The highest BCUT2D eigenvalue weighted by Crippen LogP contribution is 2.24. The number of hydrogen-bond acceptors (Lipinski definition) is 2. The molecule has 0 radical (unpaired) electrons. The SMILES string of the molecule is Cc1[nH]c2ccc(F)cc2c1C(=O)NC1CCN(Cc2ccc(F)cc2)CC1. The molecule has 3 aromatic rings. The van der Waals surface area contributed by atoms with E-state index < -0.39 is 0 Å². The number of likely N-dealkylation sites (tertiary alicyclic amines) is 1. The lowest BCUT2D eigenvalue weighted by Gasteiger charge is -2.32. The molecule has 0 unspecified atom stereocenters. The molecule has 2 aromatic carbocycles. The zero-order valence-electron chi connectivity index (χ0n) is 15.8. The van der Waals surface area contributed by atoms with E-state index in [1.165, 1.54) is 24.3 Å². The predicted octanol–water partition coefficient (Wildman–Crippen LogP) is 4.15. The summed E-state index contributed by atoms with van der Waals surface area (Å²) in [7, 11) is 0. The van der Waals surface area contributed by atoms with Crippen LogP contribution in [0.4, 0.5) is 8.78 Å². The molecule has 6 heteroatoms. The van der Waals surface area contributed by atoms with Crippen LogP contribution in [0.3, 0.4) is 0 Å². The second-order valence-corrected chi connectivity index (χ2v) is 7.47. The standard InChI is InChI=1S/C22H23F2N3O/c1-14-21(19-12-17(24)6-7-20(19)25-14)22(28)26-18-8-10-27(11-9-18)13-15-2-4-16(23)5-3-15/h2-7,12,18,25H,8-11,13H2,1H3,(H,26,28). The highest BCUT2D eigenvalue weighted by molar-refractivity contribution is 6.08. The zero-order valence-corrected chi connectivity index (χ0v) is 15.8. The van der Waals surface area contributed by atoms with E-state index in [2.05, 4.69) is 15.2 Å². The minimum atomic E-state index is -0.352. The number of H-pyrrole nitrogens is 1. The van der Waals surface area contributed by atoms with Crippen LogP contribution in [0.2, 0.25) is 0 Å². The van der Waals surface area contributed by atoms with Gasteiger partial charge < -0.3 is 10.3 Å². The Morgan fingerprint density at radius 3 is 2.50 bits per heavy atom. The van der Waals surface area contributed by atoms with Crippen LogP contribution >= 0.6 is 0 Å². The first kappa shape index (κ1) is 18.6. The Kier molecular flexibility index (Phi) is 5.13. The van der Waals surface area contributed by atoms with E-state index in [1.807, 2.05) is 19.1 Å². The number of halogens is 2. The highest BCUT2D eigenvalue weighted by atomic mass is 19.1. The van der Waals surface area contributed by atoms with Gasteiger partial charge in [-0.05, 0) is 55.7 Å². The van der Waals surface area contributed by atoms with Crippen molar-refractivity contribution >= 4 is 16.8 Å². The summed E-state index contributed by atoms with van der Waals surface area (Å²) < 4.78 is 26.6. The minimum Gasteiger partial charge on any atom is -0.358 e. The third-order valence-electron chi connectivity index (χ3n) is 5.42. The number of rotatable bonds is 4. The van der Waals surface area contributed by atoms with Crippen LogP contribution in [0.25, 0.3) is 10.9 Å². The van der Waals surface area contributed by atoms with Gasteiger partial charge in [0.25, 0.3) is 5.91 Å². The Hall–Kier alpha value is -2.73. The van der Waals surface area contributed by atoms with Crippen molar-refractivity contribution in [2.45, 2.75) is 32.4 Å². The van der Waals surface area contributed by atoms with E-state index in [9.17, 15) is 13.6 Å². The van der Waals surface area contributed by atoms with Crippen molar-refractivity contribution in [1.29, 1.82) is 0 Å². The number of aromatic nitrogens is 1. The first-order valence-corrected chi connectivity index (χ1v) is 9.55. The van der Waals surface area contributed by atoms with Crippen molar-refractivity contribution in [2.24, 2.45) is 0 Å². The summed E-state index contributed by atoms with van der Waals surface area (Å²) in [6, 6.07) is 11.1. The molecule has 2 heterocycles. The van der Waals surface area contributed by atoms with E-state index >= 15 is 0 Å². The van der Waals surface area contributed by atoms with Crippen molar-refractivity contribution in [3.8, 4) is 0 Å². The molecule has 0 aliphatic carbocycles. The molecule has 0 saturated carbocycles. The second-order valence-electron chi connectivity index (χ2n) is 7.47. The summed E-state index contributed by atoms with van der Waals surface area (Å²) in [5.74, 6) is -0.737. The van der Waals surface area contributed by atoms with Gasteiger partial charge in [0.1, 0.15) is 11.6 Å². The molecule has 1 aliphatic rings. The Balaban J connectivity index is 1.37. The van der Waals surface area contributed by atoms with Gasteiger partial charge in [-0.1, -0.05) is 12.1 Å². The molecule has 1 aromatic heterocycles. The van der Waals surface area contributed by atoms with Gasteiger partial charge in [-0.15, -0.1) is 0 Å². The molecule has 2 N–H and O–H groups in total. The molecule has 0 atom stereocenters. The molecule has 28 heavy (non-hydrogen) atoms. The lowest BCUT2D eigenvalue weighted by molar-refractivity contribution is 0.0910. The largest absolute Gasteiger partial charge is 0.358 e. The Labute approximate surface area is 162 Å². The summed E-state index contributed by atoms with van der Waals surface area (Å²) >= 11 is 0. The Morgan fingerprint density at radius 1 is 1.11 bits per heavy atom. The first-order chi connectivity index (χ1) is 13.5. The molecule has 1 amide bonds. The van der Waals surface area contributed by atoms with Gasteiger partial charge in [0.05, 0.1) is 5.56 Å². The molecular weight excluding hydrogens is 360 g/mol. The smallest absolute Gasteiger partial charge is 0.253 e. The van der Waals surface area contributed by atoms with Gasteiger partial charge in [0.15, 0.2) is 0 Å². The molecule has 146 valence electrons. The van der Waals surface area contributed by atoms with Gasteiger partial charge in [-0.25, -0.2) is 8.78 Å². The van der Waals surface area contributed by atoms with E-state index in [-0.39, 0.29) is 23.6 Å². The molecule has 0 spiro atoms. The third-order valence-corrected chi connectivity index (χ3v) is 5.42. The number of carbonyl (C=O) groups is 1. The first-order valence-electron chi connectivity index (χ1n) is 9.55.